The second-order valence-corrected chi connectivity index (χ2v) is 7.07. The minimum absolute atomic E-state index is 0.0971. The molecule has 150 valence electrons. The number of amides is 1. The van der Waals surface area contributed by atoms with Crippen LogP contribution in [0, 0.1) is 0 Å². The first kappa shape index (κ1) is 19.1. The molecule has 0 radical (unpaired) electrons. The summed E-state index contributed by atoms with van der Waals surface area (Å²) in [6.07, 6.45) is 0.396. The topological polar surface area (TPSA) is 48.0 Å². The highest BCUT2D eigenvalue weighted by molar-refractivity contribution is 6.03. The lowest BCUT2D eigenvalue weighted by Crippen LogP contribution is -2.36. The van der Waals surface area contributed by atoms with Gasteiger partial charge in [-0.1, -0.05) is 30.3 Å². The zero-order valence-electron chi connectivity index (χ0n) is 17.2. The van der Waals surface area contributed by atoms with Crippen LogP contribution in [-0.2, 0) is 4.79 Å². The maximum Gasteiger partial charge on any atom is 0.227 e. The van der Waals surface area contributed by atoms with E-state index in [1.165, 1.54) is 5.56 Å². The highest BCUT2D eigenvalue weighted by Crippen LogP contribution is 2.47. The molecule has 1 unspecified atom stereocenters. The first-order valence-electron chi connectivity index (χ1n) is 9.74. The van der Waals surface area contributed by atoms with Crippen LogP contribution in [0.1, 0.15) is 30.4 Å². The highest BCUT2D eigenvalue weighted by Gasteiger charge is 2.34. The number of carbonyl (C=O) groups is 1. The van der Waals surface area contributed by atoms with Crippen molar-refractivity contribution < 1.29 is 19.0 Å². The average molecular weight is 391 g/mol. The fourth-order valence-corrected chi connectivity index (χ4v) is 4.34. The monoisotopic (exact) mass is 391 g/mol. The summed E-state index contributed by atoms with van der Waals surface area (Å²) in [7, 11) is 4.80. The summed E-state index contributed by atoms with van der Waals surface area (Å²) in [4.78, 5) is 14.8. The van der Waals surface area contributed by atoms with Gasteiger partial charge in [-0.25, -0.2) is 0 Å². The zero-order valence-corrected chi connectivity index (χ0v) is 17.2. The summed E-state index contributed by atoms with van der Waals surface area (Å²) >= 11 is 0. The predicted octanol–water partition coefficient (Wildman–Crippen LogP) is 4.75. The molecule has 5 nitrogen and oxygen atoms in total. The van der Waals surface area contributed by atoms with Crippen LogP contribution >= 0.6 is 0 Å². The van der Waals surface area contributed by atoms with Crippen molar-refractivity contribution in [2.24, 2.45) is 0 Å². The van der Waals surface area contributed by atoms with Gasteiger partial charge in [0.05, 0.1) is 21.3 Å². The molecule has 5 heteroatoms. The molecule has 1 aliphatic rings. The predicted molar refractivity (Wildman–Crippen MR) is 115 cm³/mol. The van der Waals surface area contributed by atoms with Gasteiger partial charge in [0.1, 0.15) is 0 Å². The smallest absolute Gasteiger partial charge is 0.227 e. The molecule has 29 heavy (non-hydrogen) atoms. The molecule has 1 amide bonds. The van der Waals surface area contributed by atoms with Crippen LogP contribution in [0.3, 0.4) is 0 Å². The largest absolute Gasteiger partial charge is 0.493 e. The Morgan fingerprint density at radius 2 is 1.66 bits per heavy atom. The third-order valence-corrected chi connectivity index (χ3v) is 5.67. The Labute approximate surface area is 170 Å². The first-order valence-corrected chi connectivity index (χ1v) is 9.74. The summed E-state index contributed by atoms with van der Waals surface area (Å²) in [5, 5.41) is 2.32. The average Bonchev–Trinajstić information content (AvgIpc) is 2.77. The van der Waals surface area contributed by atoms with Crippen LogP contribution in [0.2, 0.25) is 0 Å². The number of hydrogen-bond acceptors (Lipinski definition) is 4. The molecule has 0 aliphatic carbocycles. The molecular weight excluding hydrogens is 366 g/mol. The molecule has 0 saturated carbocycles. The normalized spacial score (nSPS) is 15.9. The van der Waals surface area contributed by atoms with Gasteiger partial charge in [-0.15, -0.1) is 0 Å². The van der Waals surface area contributed by atoms with E-state index in [0.717, 1.165) is 22.0 Å². The number of ether oxygens (including phenoxy) is 3. The van der Waals surface area contributed by atoms with E-state index in [9.17, 15) is 4.79 Å². The molecule has 0 N–H and O–H groups in total. The van der Waals surface area contributed by atoms with Crippen molar-refractivity contribution in [3.05, 3.63) is 59.7 Å². The summed E-state index contributed by atoms with van der Waals surface area (Å²) in [6, 6.07) is 16.4. The summed E-state index contributed by atoms with van der Waals surface area (Å²) < 4.78 is 16.6. The van der Waals surface area contributed by atoms with Crippen LogP contribution in [0.25, 0.3) is 10.8 Å². The van der Waals surface area contributed by atoms with Crippen molar-refractivity contribution in [1.82, 2.24) is 0 Å². The van der Waals surface area contributed by atoms with Crippen molar-refractivity contribution in [1.29, 1.82) is 0 Å². The van der Waals surface area contributed by atoms with Crippen LogP contribution in [0.15, 0.2) is 48.5 Å². The van der Waals surface area contributed by atoms with E-state index in [4.69, 9.17) is 14.2 Å². The Bertz CT molecular complexity index is 1050. The first-order chi connectivity index (χ1) is 14.1. The molecule has 0 bridgehead atoms. The molecule has 1 aliphatic heterocycles. The van der Waals surface area contributed by atoms with E-state index < -0.39 is 0 Å². The van der Waals surface area contributed by atoms with Gasteiger partial charge in [-0.05, 0) is 47.0 Å². The summed E-state index contributed by atoms with van der Waals surface area (Å²) in [5.74, 6) is 1.76. The zero-order chi connectivity index (χ0) is 20.5. The molecule has 0 fully saturated rings. The van der Waals surface area contributed by atoms with E-state index in [2.05, 4.69) is 24.3 Å². The number of carbonyl (C=O) groups excluding carboxylic acids is 1. The molecular formula is C24H25NO4. The Morgan fingerprint density at radius 1 is 0.966 bits per heavy atom. The van der Waals surface area contributed by atoms with Gasteiger partial charge in [0.2, 0.25) is 11.7 Å². The number of nitrogens with zero attached hydrogens (tertiary/aromatic N) is 1. The Morgan fingerprint density at radius 3 is 2.28 bits per heavy atom. The van der Waals surface area contributed by atoms with Crippen molar-refractivity contribution >= 4 is 22.4 Å². The second-order valence-electron chi connectivity index (χ2n) is 7.07. The molecule has 0 saturated heterocycles. The molecule has 3 aromatic carbocycles. The number of fused-ring (bicyclic) bond motifs is 3. The van der Waals surface area contributed by atoms with Gasteiger partial charge < -0.3 is 19.1 Å². The SMILES string of the molecule is CCN1C(=O)CC(c2cc(OC)c(OC)c(OC)c2)c2c1ccc1ccccc21. The third kappa shape index (κ3) is 3.07. The van der Waals surface area contributed by atoms with Crippen LogP contribution in [-0.4, -0.2) is 33.8 Å². The fraction of sp³-hybridized carbons (Fsp3) is 0.292. The fourth-order valence-electron chi connectivity index (χ4n) is 4.34. The van der Waals surface area contributed by atoms with E-state index in [1.54, 1.807) is 21.3 Å². The van der Waals surface area contributed by atoms with Gasteiger partial charge in [0.15, 0.2) is 11.5 Å². The van der Waals surface area contributed by atoms with E-state index in [1.807, 2.05) is 36.1 Å². The molecule has 1 atom stereocenters. The van der Waals surface area contributed by atoms with Crippen LogP contribution < -0.4 is 19.1 Å². The second kappa shape index (κ2) is 7.66. The van der Waals surface area contributed by atoms with E-state index in [-0.39, 0.29) is 11.8 Å². The van der Waals surface area contributed by atoms with Crippen molar-refractivity contribution in [2.75, 3.05) is 32.8 Å². The van der Waals surface area contributed by atoms with E-state index >= 15 is 0 Å². The molecule has 4 rings (SSSR count). The molecule has 0 spiro atoms. The van der Waals surface area contributed by atoms with E-state index in [0.29, 0.717) is 30.2 Å². The lowest BCUT2D eigenvalue weighted by Gasteiger charge is -2.35. The number of hydrogen-bond donors (Lipinski definition) is 0. The summed E-state index contributed by atoms with van der Waals surface area (Å²) in [5.41, 5.74) is 3.11. The quantitative estimate of drug-likeness (QED) is 0.630. The Hall–Kier alpha value is -3.21. The third-order valence-electron chi connectivity index (χ3n) is 5.67. The standard InChI is InChI=1S/C24H25NO4/c1-5-25-19-11-10-15-8-6-7-9-17(15)23(19)18(14-22(25)26)16-12-20(27-2)24(29-4)21(13-16)28-3/h6-13,18H,5,14H2,1-4H3. The van der Waals surface area contributed by atoms with Gasteiger partial charge in [-0.3, -0.25) is 4.79 Å². The minimum Gasteiger partial charge on any atom is -0.493 e. The van der Waals surface area contributed by atoms with Crippen molar-refractivity contribution in [3.63, 3.8) is 0 Å². The van der Waals surface area contributed by atoms with Gasteiger partial charge in [-0.2, -0.15) is 0 Å². The van der Waals surface area contributed by atoms with Crippen molar-refractivity contribution in [2.45, 2.75) is 19.3 Å². The van der Waals surface area contributed by atoms with Gasteiger partial charge in [0, 0.05) is 24.6 Å². The van der Waals surface area contributed by atoms with Gasteiger partial charge >= 0.3 is 0 Å². The maximum atomic E-state index is 13.0. The minimum atomic E-state index is -0.0971. The highest BCUT2D eigenvalue weighted by atomic mass is 16.5. The number of benzene rings is 3. The lowest BCUT2D eigenvalue weighted by atomic mass is 9.81. The Balaban J connectivity index is 1.99. The number of rotatable bonds is 5. The molecule has 3 aromatic rings. The molecule has 0 aromatic heterocycles. The van der Waals surface area contributed by atoms with Crippen molar-refractivity contribution in [3.8, 4) is 17.2 Å². The van der Waals surface area contributed by atoms with Gasteiger partial charge in [0.25, 0.3) is 0 Å². The van der Waals surface area contributed by atoms with Crippen LogP contribution in [0.4, 0.5) is 5.69 Å². The van der Waals surface area contributed by atoms with Crippen LogP contribution in [0.5, 0.6) is 17.2 Å². The lowest BCUT2D eigenvalue weighted by molar-refractivity contribution is -0.119. The maximum absolute atomic E-state index is 13.0. The number of methoxy groups -OCH3 is 3. The molecule has 1 heterocycles. The number of anilines is 1. The Kier molecular flexibility index (Phi) is 5.05. The summed E-state index contributed by atoms with van der Waals surface area (Å²) in [6.45, 7) is 2.66.